The summed E-state index contributed by atoms with van der Waals surface area (Å²) in [6.45, 7) is 4.10. The fraction of sp³-hybridized carbons (Fsp3) is 0.250. The lowest BCUT2D eigenvalue weighted by Gasteiger charge is -2.08. The summed E-state index contributed by atoms with van der Waals surface area (Å²) in [5.41, 5.74) is 2.42. The Morgan fingerprint density at radius 1 is 1.22 bits per heavy atom. The molecule has 0 atom stereocenters. The minimum Gasteiger partial charge on any atom is -0.487 e. The second-order valence-corrected chi connectivity index (χ2v) is 7.20. The van der Waals surface area contributed by atoms with Crippen LogP contribution in [0, 0.1) is 6.92 Å². The topological polar surface area (TPSA) is 73.8 Å². The number of aromatic nitrogens is 2. The molecular formula is C20H18N2O4S. The number of hydrogen-bond donors (Lipinski definition) is 0. The molecule has 0 spiro atoms. The summed E-state index contributed by atoms with van der Waals surface area (Å²) in [6.07, 6.45) is 1.76. The van der Waals surface area contributed by atoms with Gasteiger partial charge in [-0.3, -0.25) is 9.20 Å². The van der Waals surface area contributed by atoms with Crippen LogP contribution in [0.2, 0.25) is 0 Å². The van der Waals surface area contributed by atoms with Crippen LogP contribution in [0.1, 0.15) is 30.3 Å². The number of fused-ring (bicyclic) bond motifs is 2. The third kappa shape index (κ3) is 3.38. The van der Waals surface area contributed by atoms with Gasteiger partial charge in [-0.2, -0.15) is 0 Å². The molecule has 0 saturated carbocycles. The van der Waals surface area contributed by atoms with Gasteiger partial charge in [0.05, 0.1) is 5.69 Å². The van der Waals surface area contributed by atoms with E-state index in [0.717, 1.165) is 29.5 Å². The highest BCUT2D eigenvalue weighted by molar-refractivity contribution is 7.15. The summed E-state index contributed by atoms with van der Waals surface area (Å²) in [4.78, 5) is 29.1. The number of benzene rings is 1. The van der Waals surface area contributed by atoms with Gasteiger partial charge in [-0.25, -0.2) is 9.78 Å². The Balaban J connectivity index is 1.62. The molecule has 0 radical (unpaired) electrons. The van der Waals surface area contributed by atoms with Crippen LogP contribution in [-0.4, -0.2) is 9.38 Å². The van der Waals surface area contributed by atoms with E-state index in [2.05, 4.69) is 11.9 Å². The molecule has 0 N–H and O–H groups in total. The van der Waals surface area contributed by atoms with E-state index < -0.39 is 0 Å². The quantitative estimate of drug-likeness (QED) is 0.492. The molecule has 0 amide bonds. The van der Waals surface area contributed by atoms with Crippen LogP contribution >= 0.6 is 11.3 Å². The zero-order valence-corrected chi connectivity index (χ0v) is 15.8. The van der Waals surface area contributed by atoms with E-state index in [1.807, 2.05) is 24.4 Å². The summed E-state index contributed by atoms with van der Waals surface area (Å²) in [6, 6.07) is 8.46. The van der Waals surface area contributed by atoms with E-state index in [9.17, 15) is 9.59 Å². The molecule has 0 aliphatic carbocycles. The van der Waals surface area contributed by atoms with Gasteiger partial charge < -0.3 is 9.15 Å². The van der Waals surface area contributed by atoms with E-state index in [-0.39, 0.29) is 17.8 Å². The van der Waals surface area contributed by atoms with Crippen molar-refractivity contribution < 1.29 is 9.15 Å². The average Bonchev–Trinajstić information content (AvgIpc) is 3.01. The first-order valence-electron chi connectivity index (χ1n) is 8.71. The minimum atomic E-state index is -0.365. The molecule has 0 bridgehead atoms. The van der Waals surface area contributed by atoms with E-state index in [1.165, 1.54) is 17.4 Å². The predicted molar refractivity (Wildman–Crippen MR) is 105 cm³/mol. The largest absolute Gasteiger partial charge is 0.487 e. The lowest BCUT2D eigenvalue weighted by Crippen LogP contribution is -2.15. The minimum absolute atomic E-state index is 0.119. The van der Waals surface area contributed by atoms with Crippen molar-refractivity contribution in [3.05, 3.63) is 73.4 Å². The Hall–Kier alpha value is -2.93. The summed E-state index contributed by atoms with van der Waals surface area (Å²) >= 11 is 1.42. The number of ether oxygens (including phenoxy) is 1. The number of aryl methyl sites for hydroxylation is 2. The van der Waals surface area contributed by atoms with Gasteiger partial charge >= 0.3 is 5.63 Å². The fourth-order valence-corrected chi connectivity index (χ4v) is 4.00. The SMILES string of the molecule is CCCc1cc(=O)oc2cc(OCc3cc(=O)n4c(C)csc4n3)ccc12. The zero-order chi connectivity index (χ0) is 19.0. The van der Waals surface area contributed by atoms with Crippen molar-refractivity contribution in [1.82, 2.24) is 9.38 Å². The molecule has 1 aromatic carbocycles. The van der Waals surface area contributed by atoms with Gasteiger partial charge in [0, 0.05) is 34.7 Å². The molecular weight excluding hydrogens is 364 g/mol. The lowest BCUT2D eigenvalue weighted by atomic mass is 10.1. The summed E-state index contributed by atoms with van der Waals surface area (Å²) in [5, 5.41) is 2.81. The zero-order valence-electron chi connectivity index (χ0n) is 15.0. The normalized spacial score (nSPS) is 11.3. The fourth-order valence-electron chi connectivity index (χ4n) is 3.11. The summed E-state index contributed by atoms with van der Waals surface area (Å²) in [7, 11) is 0. The monoisotopic (exact) mass is 382 g/mol. The molecule has 3 heterocycles. The molecule has 4 rings (SSSR count). The molecule has 27 heavy (non-hydrogen) atoms. The van der Waals surface area contributed by atoms with E-state index in [4.69, 9.17) is 9.15 Å². The third-order valence-electron chi connectivity index (χ3n) is 4.34. The van der Waals surface area contributed by atoms with Gasteiger partial charge in [0.1, 0.15) is 17.9 Å². The maximum Gasteiger partial charge on any atom is 0.336 e. The van der Waals surface area contributed by atoms with E-state index in [1.54, 1.807) is 16.5 Å². The van der Waals surface area contributed by atoms with Crippen LogP contribution in [0.4, 0.5) is 0 Å². The van der Waals surface area contributed by atoms with Crippen LogP contribution in [0.3, 0.4) is 0 Å². The molecule has 4 aromatic rings. The van der Waals surface area contributed by atoms with Crippen molar-refractivity contribution in [3.8, 4) is 5.75 Å². The molecule has 0 saturated heterocycles. The highest BCUT2D eigenvalue weighted by atomic mass is 32.1. The second-order valence-electron chi connectivity index (χ2n) is 6.37. The first-order chi connectivity index (χ1) is 13.0. The van der Waals surface area contributed by atoms with Crippen LogP contribution in [0.5, 0.6) is 5.75 Å². The van der Waals surface area contributed by atoms with E-state index >= 15 is 0 Å². The third-order valence-corrected chi connectivity index (χ3v) is 5.28. The van der Waals surface area contributed by atoms with E-state index in [0.29, 0.717) is 22.0 Å². The smallest absolute Gasteiger partial charge is 0.336 e. The lowest BCUT2D eigenvalue weighted by molar-refractivity contribution is 0.301. The maximum atomic E-state index is 12.2. The Kier molecular flexibility index (Phi) is 4.53. The Labute approximate surface area is 158 Å². The Morgan fingerprint density at radius 2 is 2.07 bits per heavy atom. The molecule has 0 aliphatic rings. The van der Waals surface area contributed by atoms with Gasteiger partial charge in [0.2, 0.25) is 0 Å². The van der Waals surface area contributed by atoms with Crippen LogP contribution < -0.4 is 15.9 Å². The second kappa shape index (κ2) is 7.00. The van der Waals surface area contributed by atoms with Crippen molar-refractivity contribution in [2.45, 2.75) is 33.3 Å². The standard InChI is InChI=1S/C20H18N2O4S/c1-3-4-13-7-19(24)26-17-9-15(5-6-16(13)17)25-10-14-8-18(23)22-12(2)11-27-20(22)21-14/h5-9,11H,3-4,10H2,1-2H3. The van der Waals surface area contributed by atoms with Gasteiger partial charge in [-0.05, 0) is 31.0 Å². The summed E-state index contributed by atoms with van der Waals surface area (Å²) in [5.74, 6) is 0.559. The molecule has 0 unspecified atom stereocenters. The number of thiazole rings is 1. The van der Waals surface area contributed by atoms with Crippen molar-refractivity contribution >= 4 is 27.3 Å². The van der Waals surface area contributed by atoms with Crippen LogP contribution in [0.15, 0.2) is 49.7 Å². The Morgan fingerprint density at radius 3 is 2.89 bits per heavy atom. The number of nitrogens with zero attached hydrogens (tertiary/aromatic N) is 2. The predicted octanol–water partition coefficient (Wildman–Crippen LogP) is 3.70. The first-order valence-corrected chi connectivity index (χ1v) is 9.59. The van der Waals surface area contributed by atoms with Gasteiger partial charge in [-0.15, -0.1) is 11.3 Å². The molecule has 0 fully saturated rings. The number of hydrogen-bond acceptors (Lipinski definition) is 6. The molecule has 138 valence electrons. The number of rotatable bonds is 5. The molecule has 0 aliphatic heterocycles. The average molecular weight is 382 g/mol. The van der Waals surface area contributed by atoms with Gasteiger partial charge in [0.25, 0.3) is 5.56 Å². The highest BCUT2D eigenvalue weighted by Gasteiger charge is 2.09. The van der Waals surface area contributed by atoms with Crippen molar-refractivity contribution in [1.29, 1.82) is 0 Å². The van der Waals surface area contributed by atoms with Crippen LogP contribution in [-0.2, 0) is 13.0 Å². The maximum absolute atomic E-state index is 12.2. The Bertz CT molecular complexity index is 1250. The highest BCUT2D eigenvalue weighted by Crippen LogP contribution is 2.24. The van der Waals surface area contributed by atoms with Crippen molar-refractivity contribution in [2.24, 2.45) is 0 Å². The van der Waals surface area contributed by atoms with Crippen molar-refractivity contribution in [2.75, 3.05) is 0 Å². The molecule has 7 heteroatoms. The van der Waals surface area contributed by atoms with Crippen molar-refractivity contribution in [3.63, 3.8) is 0 Å². The molecule has 6 nitrogen and oxygen atoms in total. The molecule has 3 aromatic heterocycles. The summed E-state index contributed by atoms with van der Waals surface area (Å²) < 4.78 is 12.7. The first kappa shape index (κ1) is 17.5. The van der Waals surface area contributed by atoms with Crippen LogP contribution in [0.25, 0.3) is 15.9 Å². The van der Waals surface area contributed by atoms with Gasteiger partial charge in [0.15, 0.2) is 4.96 Å². The van der Waals surface area contributed by atoms with Gasteiger partial charge in [-0.1, -0.05) is 13.3 Å².